The summed E-state index contributed by atoms with van der Waals surface area (Å²) in [5.74, 6) is -1.39. The molecule has 0 aromatic heterocycles. The molecule has 194 valence electrons. The number of esters is 2. The minimum Gasteiger partial charge on any atom is -0.507 e. The number of amides is 1. The maximum atomic E-state index is 13.0. The van der Waals surface area contributed by atoms with Crippen molar-refractivity contribution >= 4 is 23.9 Å². The van der Waals surface area contributed by atoms with Gasteiger partial charge in [0.15, 0.2) is 0 Å². The summed E-state index contributed by atoms with van der Waals surface area (Å²) in [4.78, 5) is 36.8. The molecule has 0 radical (unpaired) electrons. The largest absolute Gasteiger partial charge is 0.507 e. The van der Waals surface area contributed by atoms with E-state index in [1.807, 2.05) is 30.3 Å². The van der Waals surface area contributed by atoms with E-state index in [2.05, 4.69) is 5.32 Å². The molecule has 1 fully saturated rings. The molecular weight excluding hydrogens is 474 g/mol. The highest BCUT2D eigenvalue weighted by Crippen LogP contribution is 2.33. The topological polar surface area (TPSA) is 111 Å². The molecule has 4 rings (SSSR count). The third-order valence-corrected chi connectivity index (χ3v) is 6.32. The zero-order chi connectivity index (χ0) is 26.2. The van der Waals surface area contributed by atoms with Gasteiger partial charge in [0.1, 0.15) is 23.5 Å². The molecule has 2 aliphatic heterocycles. The van der Waals surface area contributed by atoms with Crippen LogP contribution in [0.5, 0.6) is 5.75 Å². The van der Waals surface area contributed by atoms with Gasteiger partial charge >= 0.3 is 11.9 Å². The Kier molecular flexibility index (Phi) is 8.74. The van der Waals surface area contributed by atoms with Crippen LogP contribution in [0.1, 0.15) is 54.1 Å². The highest BCUT2D eigenvalue weighted by Gasteiger charge is 2.36. The summed E-state index contributed by atoms with van der Waals surface area (Å²) in [5.41, 5.74) is 1.65. The predicted octanol–water partition coefficient (Wildman–Crippen LogP) is 4.08. The first kappa shape index (κ1) is 26.2. The Morgan fingerprint density at radius 3 is 2.65 bits per heavy atom. The van der Waals surface area contributed by atoms with Crippen molar-refractivity contribution in [3.63, 3.8) is 0 Å². The Hall–Kier alpha value is -3.91. The fraction of sp³-hybridized carbons (Fsp3) is 0.345. The number of carbonyl (C=O) groups excluding carboxylic acids is 3. The van der Waals surface area contributed by atoms with Crippen LogP contribution in [-0.2, 0) is 30.2 Å². The normalized spacial score (nSPS) is 23.8. The third kappa shape index (κ3) is 7.54. The van der Waals surface area contributed by atoms with Crippen molar-refractivity contribution < 1.29 is 33.7 Å². The molecule has 8 nitrogen and oxygen atoms in total. The Bertz CT molecular complexity index is 1170. The second kappa shape index (κ2) is 12.4. The number of carbonyl (C=O) groups is 3. The lowest BCUT2D eigenvalue weighted by Gasteiger charge is -2.37. The monoisotopic (exact) mass is 505 g/mol. The van der Waals surface area contributed by atoms with Crippen molar-refractivity contribution in [2.75, 3.05) is 0 Å². The molecule has 4 atom stereocenters. The van der Waals surface area contributed by atoms with Crippen molar-refractivity contribution in [3.05, 3.63) is 83.6 Å². The first-order valence-electron chi connectivity index (χ1n) is 12.4. The van der Waals surface area contributed by atoms with Crippen LogP contribution in [0, 0.1) is 0 Å². The van der Waals surface area contributed by atoms with Gasteiger partial charge in [-0.2, -0.15) is 0 Å². The van der Waals surface area contributed by atoms with Gasteiger partial charge in [-0.25, -0.2) is 4.79 Å². The van der Waals surface area contributed by atoms with Crippen molar-refractivity contribution in [3.8, 4) is 5.75 Å². The zero-order valence-electron chi connectivity index (χ0n) is 20.7. The van der Waals surface area contributed by atoms with Crippen LogP contribution in [0.2, 0.25) is 0 Å². The minimum atomic E-state index is -0.599. The Labute approximate surface area is 215 Å². The van der Waals surface area contributed by atoms with E-state index in [0.29, 0.717) is 37.7 Å². The van der Waals surface area contributed by atoms with Crippen molar-refractivity contribution in [1.82, 2.24) is 5.32 Å². The van der Waals surface area contributed by atoms with Gasteiger partial charge in [0.2, 0.25) is 5.91 Å². The van der Waals surface area contributed by atoms with E-state index in [4.69, 9.17) is 14.2 Å². The fourth-order valence-corrected chi connectivity index (χ4v) is 4.76. The lowest BCUT2D eigenvalue weighted by molar-refractivity contribution is -0.161. The van der Waals surface area contributed by atoms with Crippen molar-refractivity contribution in [2.24, 2.45) is 0 Å². The van der Waals surface area contributed by atoms with Crippen molar-refractivity contribution in [1.29, 1.82) is 0 Å². The van der Waals surface area contributed by atoms with E-state index in [1.165, 1.54) is 25.3 Å². The number of benzene rings is 2. The predicted molar refractivity (Wildman–Crippen MR) is 136 cm³/mol. The molecule has 2 heterocycles. The summed E-state index contributed by atoms with van der Waals surface area (Å²) in [6.45, 7) is 1.38. The second-order valence-electron chi connectivity index (χ2n) is 9.25. The average Bonchev–Trinajstić information content (AvgIpc) is 2.85. The lowest BCUT2D eigenvalue weighted by atomic mass is 9.91. The molecule has 2 bridgehead atoms. The van der Waals surface area contributed by atoms with Gasteiger partial charge in [-0.1, -0.05) is 48.5 Å². The van der Waals surface area contributed by atoms with Gasteiger partial charge in [0.25, 0.3) is 0 Å². The van der Waals surface area contributed by atoms with Crippen LogP contribution in [0.15, 0.2) is 66.9 Å². The van der Waals surface area contributed by atoms with Crippen LogP contribution in [-0.4, -0.2) is 47.4 Å². The number of hydrogen-bond acceptors (Lipinski definition) is 7. The third-order valence-electron chi connectivity index (χ3n) is 6.32. The number of ether oxygens (including phenoxy) is 3. The molecule has 0 aliphatic carbocycles. The Morgan fingerprint density at radius 1 is 1.08 bits per heavy atom. The molecule has 37 heavy (non-hydrogen) atoms. The van der Waals surface area contributed by atoms with Gasteiger partial charge in [0.05, 0.1) is 12.2 Å². The molecule has 2 aliphatic rings. The minimum absolute atomic E-state index is 0.118. The summed E-state index contributed by atoms with van der Waals surface area (Å²) in [6, 6.07) is 14.4. The van der Waals surface area contributed by atoms with Crippen molar-refractivity contribution in [2.45, 2.75) is 63.4 Å². The summed E-state index contributed by atoms with van der Waals surface area (Å²) in [7, 11) is 0. The molecule has 2 aromatic carbocycles. The molecule has 1 saturated heterocycles. The number of phenols is 1. The van der Waals surface area contributed by atoms with Crippen LogP contribution >= 0.6 is 0 Å². The van der Waals surface area contributed by atoms with E-state index in [-0.39, 0.29) is 41.5 Å². The van der Waals surface area contributed by atoms with Gasteiger partial charge in [-0.05, 0) is 29.7 Å². The van der Waals surface area contributed by atoms with Gasteiger partial charge in [-0.15, -0.1) is 0 Å². The van der Waals surface area contributed by atoms with Gasteiger partial charge < -0.3 is 24.6 Å². The Morgan fingerprint density at radius 2 is 1.86 bits per heavy atom. The van der Waals surface area contributed by atoms with Crippen LogP contribution in [0.4, 0.5) is 0 Å². The SMILES string of the molecule is CC(=O)O[C@@H]1C[C@@H]2Cc3cccc(O)c3C(=O)O[C@@H](C/C=C/NC(=O)/C=C/c3ccccc3)C[C@H](C1)O2. The number of phenolic OH excluding ortho intramolecular Hbond substituents is 1. The number of rotatable bonds is 6. The quantitative estimate of drug-likeness (QED) is 0.450. The number of fused-ring (bicyclic) bond motifs is 3. The molecule has 0 unspecified atom stereocenters. The Balaban J connectivity index is 1.46. The summed E-state index contributed by atoms with van der Waals surface area (Å²) in [5, 5.41) is 13.1. The maximum absolute atomic E-state index is 13.0. The van der Waals surface area contributed by atoms with E-state index in [0.717, 1.165) is 5.56 Å². The molecule has 8 heteroatoms. The number of hydrogen-bond donors (Lipinski definition) is 2. The maximum Gasteiger partial charge on any atom is 0.342 e. The first-order chi connectivity index (χ1) is 17.9. The van der Waals surface area contributed by atoms with Gasteiger partial charge in [-0.3, -0.25) is 9.59 Å². The van der Waals surface area contributed by atoms with Gasteiger partial charge in [0, 0.05) is 44.9 Å². The number of cyclic esters (lactones) is 1. The molecule has 1 amide bonds. The fourth-order valence-electron chi connectivity index (χ4n) is 4.76. The van der Waals surface area contributed by atoms with E-state index in [1.54, 1.807) is 24.3 Å². The van der Waals surface area contributed by atoms with E-state index in [9.17, 15) is 19.5 Å². The van der Waals surface area contributed by atoms with E-state index < -0.39 is 12.1 Å². The molecule has 0 spiro atoms. The second-order valence-corrected chi connectivity index (χ2v) is 9.25. The highest BCUT2D eigenvalue weighted by atomic mass is 16.6. The lowest BCUT2D eigenvalue weighted by Crippen LogP contribution is -2.41. The molecule has 2 N–H and O–H groups in total. The molecular formula is C29H31NO7. The standard InChI is InChI=1S/C29H31NO7/c1-19(31)35-24-17-23-15-21-9-5-11-26(32)28(21)29(34)37-22(16-25(18-24)36-23)10-6-14-30-27(33)13-12-20-7-3-2-4-8-20/h2-9,11-14,22-25,32H,10,15-18H2,1H3,(H,30,33)/b13-12+,14-6+/t22-,23-,24+,25+/m0/s1. The van der Waals surface area contributed by atoms with Crippen LogP contribution < -0.4 is 5.32 Å². The summed E-state index contributed by atoms with van der Waals surface area (Å²) in [6.07, 6.45) is 7.05. The number of aromatic hydroxyl groups is 1. The zero-order valence-corrected chi connectivity index (χ0v) is 20.7. The number of nitrogens with one attached hydrogen (secondary N) is 1. The summed E-state index contributed by atoms with van der Waals surface area (Å²) >= 11 is 0. The smallest absolute Gasteiger partial charge is 0.342 e. The van der Waals surface area contributed by atoms with Crippen LogP contribution in [0.3, 0.4) is 0 Å². The average molecular weight is 506 g/mol. The molecule has 0 saturated carbocycles. The van der Waals surface area contributed by atoms with Crippen LogP contribution in [0.25, 0.3) is 6.08 Å². The highest BCUT2D eigenvalue weighted by molar-refractivity contribution is 5.94. The first-order valence-corrected chi connectivity index (χ1v) is 12.4. The summed E-state index contributed by atoms with van der Waals surface area (Å²) < 4.78 is 17.6. The van der Waals surface area contributed by atoms with E-state index >= 15 is 0 Å². The molecule has 2 aromatic rings.